The van der Waals surface area contributed by atoms with Gasteiger partial charge in [-0.15, -0.1) is 0 Å². The lowest BCUT2D eigenvalue weighted by Crippen LogP contribution is -2.20. The maximum Gasteiger partial charge on any atom is 0.204 e. The van der Waals surface area contributed by atoms with Gasteiger partial charge in [-0.25, -0.2) is 4.98 Å². The molecule has 4 nitrogen and oxygen atoms in total. The van der Waals surface area contributed by atoms with Crippen molar-refractivity contribution in [2.75, 3.05) is 25.5 Å². The van der Waals surface area contributed by atoms with Crippen LogP contribution in [0.15, 0.2) is 6.20 Å². The number of hydrogen-bond donors (Lipinski definition) is 1. The second-order valence-electron chi connectivity index (χ2n) is 5.11. The SMILES string of the molecule is CC1CC1CNCc1cnc(N(C)C)n1C. The lowest BCUT2D eigenvalue weighted by atomic mass is 10.3. The molecule has 0 saturated heterocycles. The number of imidazole rings is 1. The molecule has 1 aliphatic rings. The van der Waals surface area contributed by atoms with Gasteiger partial charge in [-0.1, -0.05) is 6.92 Å². The molecule has 2 rings (SSSR count). The Morgan fingerprint density at radius 3 is 2.75 bits per heavy atom. The highest BCUT2D eigenvalue weighted by atomic mass is 15.3. The Kier molecular flexibility index (Phi) is 3.19. The molecule has 2 unspecified atom stereocenters. The van der Waals surface area contributed by atoms with Crippen molar-refractivity contribution in [3.63, 3.8) is 0 Å². The summed E-state index contributed by atoms with van der Waals surface area (Å²) in [4.78, 5) is 6.43. The van der Waals surface area contributed by atoms with E-state index in [1.807, 2.05) is 25.2 Å². The molecule has 4 heteroatoms. The summed E-state index contributed by atoms with van der Waals surface area (Å²) >= 11 is 0. The second kappa shape index (κ2) is 4.45. The van der Waals surface area contributed by atoms with E-state index in [2.05, 4.69) is 28.8 Å². The lowest BCUT2D eigenvalue weighted by Gasteiger charge is -2.12. The van der Waals surface area contributed by atoms with Crippen LogP contribution in [0.5, 0.6) is 0 Å². The Hall–Kier alpha value is -1.03. The van der Waals surface area contributed by atoms with E-state index in [1.165, 1.54) is 12.1 Å². The molecule has 0 bridgehead atoms. The second-order valence-corrected chi connectivity index (χ2v) is 5.11. The van der Waals surface area contributed by atoms with E-state index in [1.54, 1.807) is 0 Å². The van der Waals surface area contributed by atoms with Crippen LogP contribution in [0.1, 0.15) is 19.0 Å². The van der Waals surface area contributed by atoms with Crippen molar-refractivity contribution in [2.24, 2.45) is 18.9 Å². The molecule has 16 heavy (non-hydrogen) atoms. The van der Waals surface area contributed by atoms with Crippen LogP contribution in [-0.4, -0.2) is 30.2 Å². The summed E-state index contributed by atoms with van der Waals surface area (Å²) in [6, 6.07) is 0. The molecular formula is C12H22N4. The maximum atomic E-state index is 4.39. The quantitative estimate of drug-likeness (QED) is 0.813. The number of rotatable bonds is 5. The predicted molar refractivity (Wildman–Crippen MR) is 66.5 cm³/mol. The van der Waals surface area contributed by atoms with Gasteiger partial charge in [0.15, 0.2) is 0 Å². The van der Waals surface area contributed by atoms with E-state index in [0.29, 0.717) is 0 Å². The third-order valence-electron chi connectivity index (χ3n) is 3.45. The summed E-state index contributed by atoms with van der Waals surface area (Å²) in [5.41, 5.74) is 1.25. The van der Waals surface area contributed by atoms with Gasteiger partial charge in [0.1, 0.15) is 0 Å². The van der Waals surface area contributed by atoms with Crippen LogP contribution in [-0.2, 0) is 13.6 Å². The smallest absolute Gasteiger partial charge is 0.204 e. The van der Waals surface area contributed by atoms with Gasteiger partial charge in [0, 0.05) is 27.7 Å². The monoisotopic (exact) mass is 222 g/mol. The average molecular weight is 222 g/mol. The van der Waals surface area contributed by atoms with Gasteiger partial charge in [-0.3, -0.25) is 0 Å². The van der Waals surface area contributed by atoms with E-state index in [4.69, 9.17) is 0 Å². The Bertz CT molecular complexity index is 356. The third-order valence-corrected chi connectivity index (χ3v) is 3.45. The van der Waals surface area contributed by atoms with Crippen LogP contribution >= 0.6 is 0 Å². The van der Waals surface area contributed by atoms with Crippen molar-refractivity contribution in [2.45, 2.75) is 19.9 Å². The van der Waals surface area contributed by atoms with Crippen molar-refractivity contribution in [1.29, 1.82) is 0 Å². The van der Waals surface area contributed by atoms with Gasteiger partial charge in [-0.2, -0.15) is 0 Å². The Morgan fingerprint density at radius 1 is 1.56 bits per heavy atom. The van der Waals surface area contributed by atoms with Crippen LogP contribution in [0.3, 0.4) is 0 Å². The minimum atomic E-state index is 0.904. The fourth-order valence-corrected chi connectivity index (χ4v) is 2.08. The molecule has 0 spiro atoms. The van der Waals surface area contributed by atoms with Crippen LogP contribution in [0.4, 0.5) is 5.95 Å². The molecule has 1 heterocycles. The molecule has 2 atom stereocenters. The number of aromatic nitrogens is 2. The summed E-state index contributed by atoms with van der Waals surface area (Å²) in [6.07, 6.45) is 3.35. The first-order chi connectivity index (χ1) is 7.59. The summed E-state index contributed by atoms with van der Waals surface area (Å²) in [6.45, 7) is 4.38. The Morgan fingerprint density at radius 2 is 2.25 bits per heavy atom. The highest BCUT2D eigenvalue weighted by Crippen LogP contribution is 2.36. The maximum absolute atomic E-state index is 4.39. The molecule has 1 aromatic heterocycles. The summed E-state index contributed by atoms with van der Waals surface area (Å²) < 4.78 is 2.14. The van der Waals surface area contributed by atoms with Crippen molar-refractivity contribution < 1.29 is 0 Å². The van der Waals surface area contributed by atoms with Gasteiger partial charge in [0.05, 0.1) is 11.9 Å². The Balaban J connectivity index is 1.84. The molecular weight excluding hydrogens is 200 g/mol. The fraction of sp³-hybridized carbons (Fsp3) is 0.750. The summed E-state index contributed by atoms with van der Waals surface area (Å²) in [5.74, 6) is 2.84. The molecule has 1 fully saturated rings. The predicted octanol–water partition coefficient (Wildman–Crippen LogP) is 1.23. The molecule has 1 aromatic rings. The van der Waals surface area contributed by atoms with E-state index in [9.17, 15) is 0 Å². The zero-order valence-electron chi connectivity index (χ0n) is 10.7. The molecule has 1 N–H and O–H groups in total. The van der Waals surface area contributed by atoms with Gasteiger partial charge < -0.3 is 14.8 Å². The van der Waals surface area contributed by atoms with E-state index >= 15 is 0 Å². The summed E-state index contributed by atoms with van der Waals surface area (Å²) in [5, 5.41) is 3.51. The first-order valence-electron chi connectivity index (χ1n) is 5.98. The minimum absolute atomic E-state index is 0.904. The fourth-order valence-electron chi connectivity index (χ4n) is 2.08. The largest absolute Gasteiger partial charge is 0.348 e. The highest BCUT2D eigenvalue weighted by molar-refractivity contribution is 5.30. The topological polar surface area (TPSA) is 33.1 Å². The molecule has 1 aliphatic carbocycles. The standard InChI is InChI=1S/C12H22N4/c1-9-5-10(9)6-13-7-11-8-14-12(15(2)3)16(11)4/h8-10,13H,5-7H2,1-4H3. The van der Waals surface area contributed by atoms with Gasteiger partial charge >= 0.3 is 0 Å². The summed E-state index contributed by atoms with van der Waals surface area (Å²) in [7, 11) is 6.11. The Labute approximate surface area is 97.7 Å². The average Bonchev–Trinajstić information content (AvgIpc) is 2.78. The van der Waals surface area contributed by atoms with Crippen molar-refractivity contribution in [3.8, 4) is 0 Å². The number of nitrogens with one attached hydrogen (secondary N) is 1. The molecule has 0 amide bonds. The van der Waals surface area contributed by atoms with E-state index in [-0.39, 0.29) is 0 Å². The van der Waals surface area contributed by atoms with Crippen molar-refractivity contribution in [3.05, 3.63) is 11.9 Å². The number of anilines is 1. The normalized spacial score (nSPS) is 23.5. The molecule has 1 saturated carbocycles. The van der Waals surface area contributed by atoms with Crippen molar-refractivity contribution >= 4 is 5.95 Å². The lowest BCUT2D eigenvalue weighted by molar-refractivity contribution is 0.594. The number of hydrogen-bond acceptors (Lipinski definition) is 3. The highest BCUT2D eigenvalue weighted by Gasteiger charge is 2.31. The molecule has 0 radical (unpaired) electrons. The van der Waals surface area contributed by atoms with Crippen molar-refractivity contribution in [1.82, 2.24) is 14.9 Å². The number of nitrogens with zero attached hydrogens (tertiary/aromatic N) is 3. The van der Waals surface area contributed by atoms with Crippen LogP contribution in [0, 0.1) is 11.8 Å². The van der Waals surface area contributed by atoms with E-state index in [0.717, 1.165) is 30.9 Å². The van der Waals surface area contributed by atoms with Gasteiger partial charge in [0.2, 0.25) is 5.95 Å². The van der Waals surface area contributed by atoms with Crippen LogP contribution < -0.4 is 10.2 Å². The zero-order chi connectivity index (χ0) is 11.7. The molecule has 0 aromatic carbocycles. The van der Waals surface area contributed by atoms with Crippen LogP contribution in [0.25, 0.3) is 0 Å². The first kappa shape index (κ1) is 11.5. The van der Waals surface area contributed by atoms with Gasteiger partial charge in [0.25, 0.3) is 0 Å². The van der Waals surface area contributed by atoms with Gasteiger partial charge in [-0.05, 0) is 24.8 Å². The minimum Gasteiger partial charge on any atom is -0.348 e. The third kappa shape index (κ3) is 2.38. The molecule has 90 valence electrons. The van der Waals surface area contributed by atoms with Crippen LogP contribution in [0.2, 0.25) is 0 Å². The molecule has 0 aliphatic heterocycles. The first-order valence-corrected chi connectivity index (χ1v) is 5.98. The zero-order valence-corrected chi connectivity index (χ0v) is 10.7. The van der Waals surface area contributed by atoms with E-state index < -0.39 is 0 Å².